The van der Waals surface area contributed by atoms with E-state index < -0.39 is 5.97 Å². The average Bonchev–Trinajstić information content (AvgIpc) is 3.05. The average molecular weight is 358 g/mol. The second-order valence-electron chi connectivity index (χ2n) is 5.67. The summed E-state index contributed by atoms with van der Waals surface area (Å²) in [7, 11) is 0. The van der Waals surface area contributed by atoms with Crippen LogP contribution in [-0.2, 0) is 16.1 Å². The normalized spacial score (nSPS) is 10.8. The van der Waals surface area contributed by atoms with Crippen LogP contribution in [0.25, 0.3) is 4.96 Å². The summed E-state index contributed by atoms with van der Waals surface area (Å²) in [6.45, 7) is 4.16. The first-order valence-corrected chi connectivity index (χ1v) is 8.72. The van der Waals surface area contributed by atoms with E-state index in [1.165, 1.54) is 21.8 Å². The Balaban J connectivity index is 1.50. The minimum absolute atomic E-state index is 0.0219. The largest absolute Gasteiger partial charge is 0.493 e. The Kier molecular flexibility index (Phi) is 5.14. The van der Waals surface area contributed by atoms with Crippen LogP contribution in [0.4, 0.5) is 0 Å². The predicted octanol–water partition coefficient (Wildman–Crippen LogP) is 2.89. The molecule has 0 radical (unpaired) electrons. The predicted molar refractivity (Wildman–Crippen MR) is 95.2 cm³/mol. The second kappa shape index (κ2) is 7.48. The van der Waals surface area contributed by atoms with Crippen LogP contribution in [0.3, 0.4) is 0 Å². The van der Waals surface area contributed by atoms with Gasteiger partial charge in [0.2, 0.25) is 0 Å². The van der Waals surface area contributed by atoms with Crippen LogP contribution in [0.2, 0.25) is 0 Å². The van der Waals surface area contributed by atoms with E-state index in [0.717, 1.165) is 16.9 Å². The Morgan fingerprint density at radius 3 is 2.96 bits per heavy atom. The van der Waals surface area contributed by atoms with Gasteiger partial charge in [0.05, 0.1) is 18.7 Å². The molecule has 2 heterocycles. The number of thiazole rings is 1. The van der Waals surface area contributed by atoms with E-state index in [4.69, 9.17) is 9.47 Å². The fourth-order valence-electron chi connectivity index (χ4n) is 2.30. The van der Waals surface area contributed by atoms with Gasteiger partial charge in [0, 0.05) is 17.6 Å². The minimum Gasteiger partial charge on any atom is -0.493 e. The monoisotopic (exact) mass is 358 g/mol. The summed E-state index contributed by atoms with van der Waals surface area (Å²) in [5.41, 5.74) is 2.38. The molecule has 25 heavy (non-hydrogen) atoms. The molecule has 130 valence electrons. The van der Waals surface area contributed by atoms with Crippen molar-refractivity contribution in [1.82, 2.24) is 9.38 Å². The molecule has 0 bridgehead atoms. The molecule has 7 heteroatoms. The summed E-state index contributed by atoms with van der Waals surface area (Å²) >= 11 is 1.36. The highest BCUT2D eigenvalue weighted by molar-refractivity contribution is 7.15. The van der Waals surface area contributed by atoms with Gasteiger partial charge in [-0.25, -0.2) is 4.98 Å². The molecule has 0 atom stereocenters. The molecule has 3 aromatic rings. The molecule has 6 nitrogen and oxygen atoms in total. The number of fused-ring (bicyclic) bond motifs is 1. The number of aromatic nitrogens is 2. The molecule has 0 saturated carbocycles. The van der Waals surface area contributed by atoms with Gasteiger partial charge in [0.15, 0.2) is 4.96 Å². The third kappa shape index (κ3) is 4.24. The lowest BCUT2D eigenvalue weighted by molar-refractivity contribution is -0.145. The van der Waals surface area contributed by atoms with Crippen molar-refractivity contribution in [3.8, 4) is 5.75 Å². The van der Waals surface area contributed by atoms with Crippen molar-refractivity contribution in [2.24, 2.45) is 0 Å². The number of esters is 1. The molecule has 3 rings (SSSR count). The maximum absolute atomic E-state index is 11.9. The Labute approximate surface area is 148 Å². The number of hydrogen-bond acceptors (Lipinski definition) is 6. The topological polar surface area (TPSA) is 69.9 Å². The Bertz CT molecular complexity index is 961. The van der Waals surface area contributed by atoms with Gasteiger partial charge in [-0.3, -0.25) is 14.0 Å². The number of carbonyl (C=O) groups is 1. The third-order valence-electron chi connectivity index (χ3n) is 3.64. The number of aryl methyl sites for hydroxylation is 2. The molecule has 0 N–H and O–H groups in total. The van der Waals surface area contributed by atoms with Gasteiger partial charge in [-0.15, -0.1) is 11.3 Å². The fourth-order valence-corrected chi connectivity index (χ4v) is 3.03. The van der Waals surface area contributed by atoms with Crippen LogP contribution in [-0.4, -0.2) is 22.0 Å². The van der Waals surface area contributed by atoms with E-state index in [2.05, 4.69) is 4.98 Å². The van der Waals surface area contributed by atoms with Crippen molar-refractivity contribution in [2.75, 3.05) is 6.61 Å². The highest BCUT2D eigenvalue weighted by Gasteiger charge is 2.08. The summed E-state index contributed by atoms with van der Waals surface area (Å²) in [6, 6.07) is 7.30. The van der Waals surface area contributed by atoms with E-state index in [1.54, 1.807) is 11.6 Å². The summed E-state index contributed by atoms with van der Waals surface area (Å²) in [4.78, 5) is 28.6. The van der Waals surface area contributed by atoms with Gasteiger partial charge in [0.1, 0.15) is 12.4 Å². The van der Waals surface area contributed by atoms with Gasteiger partial charge < -0.3 is 9.47 Å². The van der Waals surface area contributed by atoms with Crippen molar-refractivity contribution in [1.29, 1.82) is 0 Å². The maximum atomic E-state index is 11.9. The second-order valence-corrected chi connectivity index (χ2v) is 6.54. The smallest absolute Gasteiger partial charge is 0.309 e. The summed E-state index contributed by atoms with van der Waals surface area (Å²) in [5.74, 6) is 0.379. The van der Waals surface area contributed by atoms with E-state index >= 15 is 0 Å². The van der Waals surface area contributed by atoms with Crippen molar-refractivity contribution in [3.63, 3.8) is 0 Å². The lowest BCUT2D eigenvalue weighted by Crippen LogP contribution is -2.15. The molecule has 0 unspecified atom stereocenters. The molecule has 0 aliphatic rings. The molecule has 1 aromatic carbocycles. The Hall–Kier alpha value is -2.67. The van der Waals surface area contributed by atoms with Crippen LogP contribution in [0.5, 0.6) is 5.75 Å². The molecule has 0 fully saturated rings. The molecule has 0 aliphatic heterocycles. The molecule has 2 aromatic heterocycles. The van der Waals surface area contributed by atoms with E-state index in [1.807, 2.05) is 32.0 Å². The number of hydrogen-bond donors (Lipinski definition) is 0. The van der Waals surface area contributed by atoms with E-state index in [0.29, 0.717) is 10.7 Å². The summed E-state index contributed by atoms with van der Waals surface area (Å²) < 4.78 is 12.3. The number of nitrogens with zero attached hydrogens (tertiary/aromatic N) is 2. The number of benzene rings is 1. The van der Waals surface area contributed by atoms with Gasteiger partial charge in [-0.1, -0.05) is 12.1 Å². The zero-order chi connectivity index (χ0) is 17.8. The third-order valence-corrected chi connectivity index (χ3v) is 4.40. The van der Waals surface area contributed by atoms with Crippen LogP contribution < -0.4 is 10.3 Å². The first-order valence-electron chi connectivity index (χ1n) is 7.84. The fraction of sp³-hybridized carbons (Fsp3) is 0.278. The van der Waals surface area contributed by atoms with Crippen molar-refractivity contribution < 1.29 is 14.3 Å². The lowest BCUT2D eigenvalue weighted by Gasteiger charge is -2.10. The van der Waals surface area contributed by atoms with Gasteiger partial charge in [-0.05, 0) is 31.0 Å². The Morgan fingerprint density at radius 2 is 2.12 bits per heavy atom. The summed E-state index contributed by atoms with van der Waals surface area (Å²) in [6.07, 6.45) is 1.79. The highest BCUT2D eigenvalue weighted by Crippen LogP contribution is 2.19. The first-order chi connectivity index (χ1) is 12.0. The van der Waals surface area contributed by atoms with E-state index in [-0.39, 0.29) is 25.2 Å². The molecular weight excluding hydrogens is 340 g/mol. The maximum Gasteiger partial charge on any atom is 0.309 e. The minimum atomic E-state index is -0.390. The molecular formula is C18H18N2O4S. The van der Waals surface area contributed by atoms with Crippen molar-refractivity contribution >= 4 is 22.3 Å². The van der Waals surface area contributed by atoms with Crippen molar-refractivity contribution in [3.05, 3.63) is 63.0 Å². The highest BCUT2D eigenvalue weighted by atomic mass is 32.1. The molecule has 0 aliphatic carbocycles. The number of rotatable bonds is 6. The SMILES string of the molecule is Cc1ccc(C)c(OCCC(=O)OCc2cc(=O)n3ccsc3n2)c1. The summed E-state index contributed by atoms with van der Waals surface area (Å²) in [5, 5.41) is 1.78. The van der Waals surface area contributed by atoms with Crippen LogP contribution >= 0.6 is 11.3 Å². The quantitative estimate of drug-likeness (QED) is 0.634. The Morgan fingerprint density at radius 1 is 1.28 bits per heavy atom. The molecule has 0 saturated heterocycles. The molecule has 0 amide bonds. The lowest BCUT2D eigenvalue weighted by atomic mass is 10.1. The van der Waals surface area contributed by atoms with Gasteiger partial charge >= 0.3 is 5.97 Å². The van der Waals surface area contributed by atoms with Gasteiger partial charge in [0.25, 0.3) is 5.56 Å². The zero-order valence-corrected chi connectivity index (χ0v) is 14.8. The van der Waals surface area contributed by atoms with Crippen molar-refractivity contribution in [2.45, 2.75) is 26.9 Å². The van der Waals surface area contributed by atoms with Gasteiger partial charge in [-0.2, -0.15) is 0 Å². The van der Waals surface area contributed by atoms with E-state index in [9.17, 15) is 9.59 Å². The van der Waals surface area contributed by atoms with Crippen LogP contribution in [0.15, 0.2) is 40.6 Å². The zero-order valence-electron chi connectivity index (χ0n) is 14.0. The number of carbonyl (C=O) groups excluding carboxylic acids is 1. The molecule has 0 spiro atoms. The standard InChI is InChI=1S/C18H18N2O4S/c1-12-3-4-13(2)15(9-12)23-7-5-17(22)24-11-14-10-16(21)20-6-8-25-18(20)19-14/h3-4,6,8-10H,5,7,11H2,1-2H3. The van der Waals surface area contributed by atoms with Crippen LogP contribution in [0, 0.1) is 13.8 Å². The first kappa shape index (κ1) is 17.2. The number of ether oxygens (including phenoxy) is 2. The van der Waals surface area contributed by atoms with Crippen LogP contribution in [0.1, 0.15) is 23.2 Å².